The van der Waals surface area contributed by atoms with Crippen LogP contribution in [0.4, 0.5) is 0 Å². The smallest absolute Gasteiger partial charge is 0.462 e. The highest BCUT2D eigenvalue weighted by Crippen LogP contribution is 2.36. The molecule has 2 N–H and O–H groups in total. The summed E-state index contributed by atoms with van der Waals surface area (Å²) >= 11 is 0. The number of carbonyl (C=O) groups is 2. The van der Waals surface area contributed by atoms with E-state index in [2.05, 4.69) is 25.3 Å². The summed E-state index contributed by atoms with van der Waals surface area (Å²) in [6, 6.07) is 0. The summed E-state index contributed by atoms with van der Waals surface area (Å²) in [5, 5.41) is 0. The van der Waals surface area contributed by atoms with Crippen molar-refractivity contribution in [2.24, 2.45) is 5.92 Å². The molecule has 0 rings (SSSR count). The maximum atomic E-state index is 12.4. The van der Waals surface area contributed by atoms with Crippen LogP contribution in [-0.2, 0) is 28.2 Å². The van der Waals surface area contributed by atoms with E-state index in [-0.39, 0.29) is 19.4 Å². The largest absolute Gasteiger partial charge is 0.469 e. The van der Waals surface area contributed by atoms with Gasteiger partial charge < -0.3 is 19.3 Å². The fourth-order valence-corrected chi connectivity index (χ4v) is 7.45. The number of unbranched alkanes of at least 4 members (excludes halogenated alkanes) is 31. The molecular formula is C45H89O8P. The van der Waals surface area contributed by atoms with Crippen molar-refractivity contribution in [3.8, 4) is 0 Å². The maximum absolute atomic E-state index is 12.4. The maximum Gasteiger partial charge on any atom is 0.469 e. The van der Waals surface area contributed by atoms with E-state index in [0.717, 1.165) is 38.0 Å². The summed E-state index contributed by atoms with van der Waals surface area (Å²) in [5.74, 6) is -0.0237. The topological polar surface area (TPSA) is 119 Å². The van der Waals surface area contributed by atoms with Gasteiger partial charge in [-0.3, -0.25) is 14.1 Å². The summed E-state index contributed by atoms with van der Waals surface area (Å²) in [6.45, 7) is 6.09. The van der Waals surface area contributed by atoms with Crippen LogP contribution in [0.3, 0.4) is 0 Å². The first-order valence-corrected chi connectivity index (χ1v) is 24.7. The van der Waals surface area contributed by atoms with Gasteiger partial charge in [0.1, 0.15) is 6.61 Å². The van der Waals surface area contributed by atoms with Crippen molar-refractivity contribution in [1.82, 2.24) is 0 Å². The number of hydrogen-bond donors (Lipinski definition) is 2. The number of carbonyl (C=O) groups excluding carboxylic acids is 2. The normalized spacial score (nSPS) is 12.4. The Morgan fingerprint density at radius 1 is 0.463 bits per heavy atom. The Balaban J connectivity index is 3.81. The van der Waals surface area contributed by atoms with Crippen LogP contribution in [0.1, 0.15) is 252 Å². The summed E-state index contributed by atoms with van der Waals surface area (Å²) < 4.78 is 26.5. The van der Waals surface area contributed by atoms with Gasteiger partial charge in [-0.1, -0.05) is 226 Å². The van der Waals surface area contributed by atoms with E-state index in [0.29, 0.717) is 6.42 Å². The predicted octanol–water partition coefficient (Wildman–Crippen LogP) is 14.3. The minimum absolute atomic E-state index is 0.220. The lowest BCUT2D eigenvalue weighted by atomic mass is 10.0. The van der Waals surface area contributed by atoms with Gasteiger partial charge in [0.15, 0.2) is 6.10 Å². The van der Waals surface area contributed by atoms with Gasteiger partial charge in [0.2, 0.25) is 0 Å². The van der Waals surface area contributed by atoms with Gasteiger partial charge in [-0.2, -0.15) is 0 Å². The molecule has 0 aromatic heterocycles. The van der Waals surface area contributed by atoms with Crippen LogP contribution >= 0.6 is 7.82 Å². The van der Waals surface area contributed by atoms with Crippen molar-refractivity contribution >= 4 is 19.8 Å². The number of ether oxygens (including phenoxy) is 2. The highest BCUT2D eigenvalue weighted by Gasteiger charge is 2.23. The number of phosphoric acid groups is 1. The zero-order valence-electron chi connectivity index (χ0n) is 35.8. The molecule has 0 bridgehead atoms. The van der Waals surface area contributed by atoms with Gasteiger partial charge in [-0.15, -0.1) is 0 Å². The van der Waals surface area contributed by atoms with E-state index in [4.69, 9.17) is 19.3 Å². The molecule has 1 atom stereocenters. The van der Waals surface area contributed by atoms with Crippen LogP contribution in [-0.4, -0.2) is 41.0 Å². The van der Waals surface area contributed by atoms with Crippen LogP contribution in [0.2, 0.25) is 0 Å². The third-order valence-corrected chi connectivity index (χ3v) is 11.0. The van der Waals surface area contributed by atoms with Crippen molar-refractivity contribution in [3.05, 3.63) is 0 Å². The van der Waals surface area contributed by atoms with Crippen LogP contribution in [0.25, 0.3) is 0 Å². The molecule has 0 saturated carbocycles. The first kappa shape index (κ1) is 53.0. The molecule has 0 amide bonds. The van der Waals surface area contributed by atoms with Crippen molar-refractivity contribution < 1.29 is 37.9 Å². The highest BCUT2D eigenvalue weighted by atomic mass is 31.2. The van der Waals surface area contributed by atoms with Gasteiger partial charge in [-0.05, 0) is 18.8 Å². The molecule has 0 aromatic rings. The molecule has 8 nitrogen and oxygen atoms in total. The van der Waals surface area contributed by atoms with Crippen molar-refractivity contribution in [2.45, 2.75) is 258 Å². The number of rotatable bonds is 43. The van der Waals surface area contributed by atoms with Crippen LogP contribution in [0.15, 0.2) is 0 Å². The Morgan fingerprint density at radius 2 is 0.778 bits per heavy atom. The molecule has 9 heteroatoms. The molecule has 54 heavy (non-hydrogen) atoms. The molecule has 0 aliphatic carbocycles. The van der Waals surface area contributed by atoms with Crippen LogP contribution in [0, 0.1) is 5.92 Å². The van der Waals surface area contributed by atoms with Gasteiger partial charge in [0, 0.05) is 12.8 Å². The molecule has 322 valence electrons. The second-order valence-corrected chi connectivity index (χ2v) is 17.8. The molecule has 0 aliphatic heterocycles. The fraction of sp³-hybridized carbons (Fsp3) is 0.956. The zero-order valence-corrected chi connectivity index (χ0v) is 36.7. The first-order valence-electron chi connectivity index (χ1n) is 23.2. The quantitative estimate of drug-likeness (QED) is 0.0356. The van der Waals surface area contributed by atoms with E-state index in [1.54, 1.807) is 0 Å². The average molecular weight is 789 g/mol. The van der Waals surface area contributed by atoms with E-state index < -0.39 is 32.5 Å². The molecule has 0 aliphatic rings. The molecule has 0 heterocycles. The predicted molar refractivity (Wildman–Crippen MR) is 226 cm³/mol. The molecule has 0 saturated heterocycles. The third-order valence-electron chi connectivity index (χ3n) is 10.6. The van der Waals surface area contributed by atoms with Gasteiger partial charge in [0.05, 0.1) is 6.61 Å². The lowest BCUT2D eigenvalue weighted by Gasteiger charge is -2.18. The second kappa shape index (κ2) is 40.3. The van der Waals surface area contributed by atoms with Crippen LogP contribution < -0.4 is 0 Å². The Hall–Kier alpha value is -0.950. The fourth-order valence-electron chi connectivity index (χ4n) is 7.09. The van der Waals surface area contributed by atoms with Crippen molar-refractivity contribution in [1.29, 1.82) is 0 Å². The SMILES string of the molecule is CCCCCCCCCCCCCCCCCCCC(=O)OC[C@H](COP(=O)(O)O)OC(=O)CCCCCCCCCCCCCCCCCCC(C)C. The molecular weight excluding hydrogens is 699 g/mol. The minimum Gasteiger partial charge on any atom is -0.462 e. The van der Waals surface area contributed by atoms with Crippen molar-refractivity contribution in [3.63, 3.8) is 0 Å². The highest BCUT2D eigenvalue weighted by molar-refractivity contribution is 7.46. The van der Waals surface area contributed by atoms with E-state index in [9.17, 15) is 14.2 Å². The van der Waals surface area contributed by atoms with Gasteiger partial charge in [0.25, 0.3) is 0 Å². The lowest BCUT2D eigenvalue weighted by molar-refractivity contribution is -0.161. The van der Waals surface area contributed by atoms with Crippen LogP contribution in [0.5, 0.6) is 0 Å². The number of esters is 2. The molecule has 0 fully saturated rings. The van der Waals surface area contributed by atoms with Crippen molar-refractivity contribution in [2.75, 3.05) is 13.2 Å². The Bertz CT molecular complexity index is 861. The molecule has 0 unspecified atom stereocenters. The summed E-state index contributed by atoms with van der Waals surface area (Å²) in [7, 11) is -4.75. The van der Waals surface area contributed by atoms with Gasteiger partial charge >= 0.3 is 19.8 Å². The van der Waals surface area contributed by atoms with Gasteiger partial charge in [-0.25, -0.2) is 4.57 Å². The van der Waals surface area contributed by atoms with E-state index >= 15 is 0 Å². The summed E-state index contributed by atoms with van der Waals surface area (Å²) in [4.78, 5) is 43.0. The van der Waals surface area contributed by atoms with E-state index in [1.807, 2.05) is 0 Å². The molecule has 0 aromatic carbocycles. The minimum atomic E-state index is -4.75. The number of hydrogen-bond acceptors (Lipinski definition) is 6. The Morgan fingerprint density at radius 3 is 1.11 bits per heavy atom. The van der Waals surface area contributed by atoms with E-state index in [1.165, 1.54) is 180 Å². The Kier molecular flexibility index (Phi) is 39.5. The number of phosphoric ester groups is 1. The monoisotopic (exact) mass is 789 g/mol. The second-order valence-electron chi connectivity index (χ2n) is 16.6. The standard InChI is InChI=1S/C45H89O8P/c1-4-5-6-7-8-9-10-11-12-13-17-20-23-26-29-32-35-38-44(46)51-40-43(41-52-54(48,49)50)53-45(47)39-36-33-30-27-24-21-18-15-14-16-19-22-25-28-31-34-37-42(2)3/h42-43H,4-41H2,1-3H3,(H2,48,49,50)/t43-/m1/s1. The zero-order chi connectivity index (χ0) is 39.8. The summed E-state index contributed by atoms with van der Waals surface area (Å²) in [6.07, 6.45) is 42.6. The average Bonchev–Trinajstić information content (AvgIpc) is 3.13. The Labute approximate surface area is 334 Å². The first-order chi connectivity index (χ1) is 26.1. The lowest BCUT2D eigenvalue weighted by Crippen LogP contribution is -2.29. The third kappa shape index (κ3) is 43.8. The molecule has 0 spiro atoms. The summed E-state index contributed by atoms with van der Waals surface area (Å²) in [5.41, 5.74) is 0. The molecule has 0 radical (unpaired) electrons.